The number of sulfonamides is 2. The average molecular weight is 699 g/mol. The lowest BCUT2D eigenvalue weighted by atomic mass is 9.88. The molecule has 44 heavy (non-hydrogen) atoms. The van der Waals surface area contributed by atoms with Crippen molar-refractivity contribution in [2.24, 2.45) is 0 Å². The number of hydrogen-bond donors (Lipinski definition) is 3. The zero-order chi connectivity index (χ0) is 30.1. The number of halogens is 2. The molecule has 1 aromatic heterocycles. The highest BCUT2D eigenvalue weighted by atomic mass is 35.5. The maximum atomic E-state index is 13.4. The van der Waals surface area contributed by atoms with E-state index < -0.39 is 31.8 Å². The third-order valence-electron chi connectivity index (χ3n) is 8.01. The smallest absolute Gasteiger partial charge is 0.244 e. The third kappa shape index (κ3) is 8.06. The Kier molecular flexibility index (Phi) is 12.2. The summed E-state index contributed by atoms with van der Waals surface area (Å²) in [7, 11) is -4.08. The Morgan fingerprint density at radius 1 is 1.16 bits per heavy atom. The molecule has 0 amide bonds. The molecule has 13 nitrogen and oxygen atoms in total. The molecule has 0 bridgehead atoms. The Labute approximate surface area is 271 Å². The van der Waals surface area contributed by atoms with Gasteiger partial charge < -0.3 is 29.5 Å². The van der Waals surface area contributed by atoms with Gasteiger partial charge in [0, 0.05) is 38.8 Å². The van der Waals surface area contributed by atoms with Crippen molar-refractivity contribution in [1.82, 2.24) is 19.3 Å². The Morgan fingerprint density at radius 3 is 2.59 bits per heavy atom. The number of fused-ring (bicyclic) bond motifs is 1. The lowest BCUT2D eigenvalue weighted by Crippen LogP contribution is -2.47. The lowest BCUT2D eigenvalue weighted by molar-refractivity contribution is -0.0312. The molecule has 0 saturated carbocycles. The molecule has 3 N–H and O–H groups in total. The number of hydrogen-bond acceptors (Lipinski definition) is 11. The van der Waals surface area contributed by atoms with Crippen molar-refractivity contribution in [1.29, 1.82) is 0 Å². The summed E-state index contributed by atoms with van der Waals surface area (Å²) in [5.41, 5.74) is 0.251. The van der Waals surface area contributed by atoms with Gasteiger partial charge in [-0.1, -0.05) is 6.07 Å². The minimum absolute atomic E-state index is 0. The van der Waals surface area contributed by atoms with E-state index in [1.54, 1.807) is 18.2 Å². The van der Waals surface area contributed by atoms with Gasteiger partial charge in [-0.05, 0) is 51.4 Å². The standard InChI is InChI=1S/C27H39N5O8S2.2ClH/c1-19-16-31(3)25-12-24(15-30-26(25)40-19)42(36,37)32-9-7-27(8-10-32)13-20(17-39-27)29-14-21(33)18-38-22-5-4-6-23(11-22)41(34,35)28-2;;/h4-6,11-12,15,19-21,28-29,33H,7-10,13-14,16-18H2,1-3H3;2*1H. The Balaban J connectivity index is 0.00000264. The summed E-state index contributed by atoms with van der Waals surface area (Å²) < 4.78 is 72.1. The summed E-state index contributed by atoms with van der Waals surface area (Å²) in [6.07, 6.45) is 2.37. The van der Waals surface area contributed by atoms with E-state index in [4.69, 9.17) is 14.2 Å². The van der Waals surface area contributed by atoms with E-state index in [1.807, 2.05) is 18.9 Å². The van der Waals surface area contributed by atoms with Crippen LogP contribution in [0.25, 0.3) is 0 Å². The number of aliphatic hydroxyl groups excluding tert-OH is 1. The molecule has 0 aliphatic carbocycles. The molecule has 3 aliphatic heterocycles. The minimum atomic E-state index is -3.72. The second-order valence-corrected chi connectivity index (χ2v) is 15.0. The molecule has 2 fully saturated rings. The molecular formula is C27H41Cl2N5O8S2. The highest BCUT2D eigenvalue weighted by molar-refractivity contribution is 7.89. The number of aromatic nitrogens is 1. The van der Waals surface area contributed by atoms with Crippen molar-refractivity contribution in [2.45, 2.75) is 59.8 Å². The van der Waals surface area contributed by atoms with Crippen molar-refractivity contribution >= 4 is 50.5 Å². The Morgan fingerprint density at radius 2 is 1.89 bits per heavy atom. The van der Waals surface area contributed by atoms with Crippen LogP contribution in [0.3, 0.4) is 0 Å². The van der Waals surface area contributed by atoms with Gasteiger partial charge in [0.25, 0.3) is 0 Å². The average Bonchev–Trinajstić information content (AvgIpc) is 3.37. The van der Waals surface area contributed by atoms with Crippen molar-refractivity contribution in [3.8, 4) is 11.6 Å². The van der Waals surface area contributed by atoms with E-state index in [2.05, 4.69) is 15.0 Å². The molecular weight excluding hydrogens is 657 g/mol. The summed E-state index contributed by atoms with van der Waals surface area (Å²) in [6, 6.07) is 7.72. The number of rotatable bonds is 10. The fraction of sp³-hybridized carbons (Fsp3) is 0.593. The summed E-state index contributed by atoms with van der Waals surface area (Å²) >= 11 is 0. The molecule has 1 aromatic carbocycles. The van der Waals surface area contributed by atoms with Gasteiger partial charge in [0.15, 0.2) is 0 Å². The maximum absolute atomic E-state index is 13.4. The van der Waals surface area contributed by atoms with Gasteiger partial charge in [-0.15, -0.1) is 24.8 Å². The fourth-order valence-electron chi connectivity index (χ4n) is 5.65. The van der Waals surface area contributed by atoms with Crippen LogP contribution in [0.4, 0.5) is 5.69 Å². The second kappa shape index (κ2) is 14.6. The van der Waals surface area contributed by atoms with Crippen molar-refractivity contribution < 1.29 is 36.2 Å². The van der Waals surface area contributed by atoms with Crippen molar-refractivity contribution in [3.63, 3.8) is 0 Å². The van der Waals surface area contributed by atoms with Crippen LogP contribution in [0.1, 0.15) is 26.2 Å². The predicted octanol–water partition coefficient (Wildman–Crippen LogP) is 1.39. The third-order valence-corrected chi connectivity index (χ3v) is 11.3. The minimum Gasteiger partial charge on any atom is -0.491 e. The zero-order valence-corrected chi connectivity index (χ0v) is 28.1. The molecule has 0 radical (unpaired) electrons. The van der Waals surface area contributed by atoms with Gasteiger partial charge in [0.05, 0.1) is 29.8 Å². The summed E-state index contributed by atoms with van der Waals surface area (Å²) in [6.45, 7) is 3.99. The van der Waals surface area contributed by atoms with Gasteiger partial charge in [-0.2, -0.15) is 4.31 Å². The number of pyridine rings is 1. The maximum Gasteiger partial charge on any atom is 0.244 e. The summed E-state index contributed by atoms with van der Waals surface area (Å²) in [5, 5.41) is 13.8. The SMILES string of the molecule is CNS(=O)(=O)c1cccc(OCC(O)CNC2COC3(CCN(S(=O)(=O)c4cnc5c(c4)N(C)CC(C)O5)CC3)C2)c1.Cl.Cl. The van der Waals surface area contributed by atoms with Gasteiger partial charge >= 0.3 is 0 Å². The van der Waals surface area contributed by atoms with Gasteiger partial charge in [0.1, 0.15) is 35.1 Å². The molecule has 1 spiro atoms. The first-order valence-electron chi connectivity index (χ1n) is 14.0. The summed E-state index contributed by atoms with van der Waals surface area (Å²) in [4.78, 5) is 6.48. The van der Waals surface area contributed by atoms with Crippen LogP contribution in [0.5, 0.6) is 11.6 Å². The van der Waals surface area contributed by atoms with E-state index in [9.17, 15) is 21.9 Å². The molecule has 2 aromatic rings. The number of benzene rings is 1. The van der Waals surface area contributed by atoms with Crippen LogP contribution < -0.4 is 24.4 Å². The number of likely N-dealkylation sites (N-methyl/N-ethyl adjacent to an activating group) is 1. The number of nitrogens with one attached hydrogen (secondary N) is 2. The lowest BCUT2D eigenvalue weighted by Gasteiger charge is -2.38. The highest BCUT2D eigenvalue weighted by Gasteiger charge is 2.45. The van der Waals surface area contributed by atoms with Crippen LogP contribution in [-0.2, 0) is 24.8 Å². The van der Waals surface area contributed by atoms with Crippen LogP contribution in [0.2, 0.25) is 0 Å². The molecule has 3 atom stereocenters. The van der Waals surface area contributed by atoms with E-state index >= 15 is 0 Å². The van der Waals surface area contributed by atoms with Crippen LogP contribution in [-0.4, -0.2) is 109 Å². The first kappa shape index (κ1) is 36.5. The highest BCUT2D eigenvalue weighted by Crippen LogP contribution is 2.38. The number of anilines is 1. The Bertz CT molecular complexity index is 1490. The van der Waals surface area contributed by atoms with Gasteiger partial charge in [-0.25, -0.2) is 26.5 Å². The first-order chi connectivity index (χ1) is 19.9. The number of nitrogens with zero attached hydrogens (tertiary/aromatic N) is 3. The summed E-state index contributed by atoms with van der Waals surface area (Å²) in [5.74, 6) is 0.785. The van der Waals surface area contributed by atoms with Gasteiger partial charge in [0.2, 0.25) is 25.9 Å². The van der Waals surface area contributed by atoms with E-state index in [1.165, 1.54) is 29.7 Å². The number of piperidine rings is 1. The number of aliphatic hydroxyl groups is 1. The molecule has 3 aliphatic rings. The molecule has 4 heterocycles. The topological polar surface area (TPSA) is 160 Å². The normalized spacial score (nSPS) is 22.3. The Hall–Kier alpha value is -1.95. The largest absolute Gasteiger partial charge is 0.491 e. The fourth-order valence-corrected chi connectivity index (χ4v) is 7.82. The van der Waals surface area contributed by atoms with Crippen LogP contribution >= 0.6 is 24.8 Å². The molecule has 248 valence electrons. The molecule has 5 rings (SSSR count). The monoisotopic (exact) mass is 697 g/mol. The first-order valence-corrected chi connectivity index (χ1v) is 16.9. The zero-order valence-electron chi connectivity index (χ0n) is 24.8. The van der Waals surface area contributed by atoms with Crippen molar-refractivity contribution in [2.75, 3.05) is 58.4 Å². The van der Waals surface area contributed by atoms with Crippen LogP contribution in [0.15, 0.2) is 46.3 Å². The molecule has 3 unspecified atom stereocenters. The van der Waals surface area contributed by atoms with Crippen LogP contribution in [0, 0.1) is 0 Å². The second-order valence-electron chi connectivity index (χ2n) is 11.2. The molecule has 17 heteroatoms. The predicted molar refractivity (Wildman–Crippen MR) is 169 cm³/mol. The quantitative estimate of drug-likeness (QED) is 0.329. The van der Waals surface area contributed by atoms with E-state index in [0.29, 0.717) is 62.8 Å². The van der Waals surface area contributed by atoms with Gasteiger partial charge in [-0.3, -0.25) is 0 Å². The van der Waals surface area contributed by atoms with E-state index in [-0.39, 0.29) is 59.9 Å². The number of ether oxygens (including phenoxy) is 3. The van der Waals surface area contributed by atoms with E-state index in [0.717, 1.165) is 0 Å². The van der Waals surface area contributed by atoms with Crippen molar-refractivity contribution in [3.05, 3.63) is 36.5 Å². The molecule has 2 saturated heterocycles.